The summed E-state index contributed by atoms with van der Waals surface area (Å²) in [6.07, 6.45) is 2.63. The number of nitrogens with zero attached hydrogens (tertiary/aromatic N) is 1. The van der Waals surface area contributed by atoms with Gasteiger partial charge in [-0.05, 0) is 25.2 Å². The van der Waals surface area contributed by atoms with Crippen molar-refractivity contribution in [1.82, 2.24) is 10.2 Å². The molecule has 3 aliphatic heterocycles. The van der Waals surface area contributed by atoms with Crippen LogP contribution in [0, 0.1) is 11.8 Å². The summed E-state index contributed by atoms with van der Waals surface area (Å²) in [5.41, 5.74) is 0. The molecule has 2 amide bonds. The standard InChI is InChI=1S/C13H20N2O3/c1-7(2)11-6-18-13(17)15(11)12(16)9-5-8-3-4-10(9)14-8/h7-11,14H,3-6H2,1-2H3/t8-,9-,10+,11+/m0/s1. The van der Waals surface area contributed by atoms with Gasteiger partial charge >= 0.3 is 6.09 Å². The topological polar surface area (TPSA) is 58.6 Å². The van der Waals surface area contributed by atoms with Crippen LogP contribution in [-0.2, 0) is 9.53 Å². The van der Waals surface area contributed by atoms with Crippen molar-refractivity contribution in [3.05, 3.63) is 0 Å². The minimum absolute atomic E-state index is 0.0316. The van der Waals surface area contributed by atoms with Crippen LogP contribution in [0.1, 0.15) is 33.1 Å². The minimum Gasteiger partial charge on any atom is -0.447 e. The summed E-state index contributed by atoms with van der Waals surface area (Å²) in [4.78, 5) is 25.7. The highest BCUT2D eigenvalue weighted by Crippen LogP contribution is 2.36. The van der Waals surface area contributed by atoms with Crippen LogP contribution in [0.15, 0.2) is 0 Å². The summed E-state index contributed by atoms with van der Waals surface area (Å²) in [5, 5.41) is 3.44. The minimum atomic E-state index is -0.457. The Kier molecular flexibility index (Phi) is 2.81. The third-order valence-corrected chi connectivity index (χ3v) is 4.53. The molecule has 3 heterocycles. The molecular formula is C13H20N2O3. The lowest BCUT2D eigenvalue weighted by atomic mass is 9.87. The average Bonchev–Trinajstić information content (AvgIpc) is 3.01. The highest BCUT2D eigenvalue weighted by Gasteiger charge is 2.49. The van der Waals surface area contributed by atoms with E-state index in [0.717, 1.165) is 19.3 Å². The Bertz CT molecular complexity index is 382. The Balaban J connectivity index is 1.76. The monoisotopic (exact) mass is 252 g/mol. The highest BCUT2D eigenvalue weighted by molar-refractivity contribution is 5.95. The molecule has 18 heavy (non-hydrogen) atoms. The van der Waals surface area contributed by atoms with Crippen LogP contribution < -0.4 is 5.32 Å². The summed E-state index contributed by atoms with van der Waals surface area (Å²) < 4.78 is 5.05. The van der Waals surface area contributed by atoms with Crippen LogP contribution >= 0.6 is 0 Å². The number of rotatable bonds is 2. The van der Waals surface area contributed by atoms with E-state index in [1.54, 1.807) is 0 Å². The first-order chi connectivity index (χ1) is 8.58. The fourth-order valence-electron chi connectivity index (χ4n) is 3.46. The van der Waals surface area contributed by atoms with Crippen LogP contribution in [0.4, 0.5) is 4.79 Å². The van der Waals surface area contributed by atoms with Crippen LogP contribution in [0.3, 0.4) is 0 Å². The van der Waals surface area contributed by atoms with E-state index in [4.69, 9.17) is 4.74 Å². The molecule has 3 fully saturated rings. The van der Waals surface area contributed by atoms with Gasteiger partial charge in [0.05, 0.1) is 12.0 Å². The van der Waals surface area contributed by atoms with Gasteiger partial charge in [0.1, 0.15) is 6.61 Å². The number of imide groups is 1. The Morgan fingerprint density at radius 2 is 2.22 bits per heavy atom. The highest BCUT2D eigenvalue weighted by atomic mass is 16.6. The molecule has 0 aromatic heterocycles. The molecule has 3 aliphatic rings. The molecule has 0 aliphatic carbocycles. The van der Waals surface area contributed by atoms with Gasteiger partial charge in [-0.2, -0.15) is 0 Å². The van der Waals surface area contributed by atoms with Gasteiger partial charge in [0.2, 0.25) is 5.91 Å². The first-order valence-electron chi connectivity index (χ1n) is 6.84. The zero-order valence-corrected chi connectivity index (χ0v) is 10.9. The summed E-state index contributed by atoms with van der Waals surface area (Å²) in [6, 6.07) is 0.646. The van der Waals surface area contributed by atoms with Crippen molar-refractivity contribution in [3.63, 3.8) is 0 Å². The van der Waals surface area contributed by atoms with Crippen molar-refractivity contribution < 1.29 is 14.3 Å². The summed E-state index contributed by atoms with van der Waals surface area (Å²) in [5.74, 6) is 0.179. The third-order valence-electron chi connectivity index (χ3n) is 4.53. The molecular weight excluding hydrogens is 232 g/mol. The van der Waals surface area contributed by atoms with Crippen molar-refractivity contribution in [3.8, 4) is 0 Å². The van der Waals surface area contributed by atoms with Crippen molar-refractivity contribution in [2.75, 3.05) is 6.61 Å². The Hall–Kier alpha value is -1.10. The molecule has 0 unspecified atom stereocenters. The maximum atomic E-state index is 12.5. The van der Waals surface area contributed by atoms with E-state index < -0.39 is 6.09 Å². The predicted molar refractivity (Wildman–Crippen MR) is 64.9 cm³/mol. The molecule has 0 aromatic rings. The molecule has 5 nitrogen and oxygen atoms in total. The number of cyclic esters (lactones) is 1. The molecule has 5 heteroatoms. The van der Waals surface area contributed by atoms with Gasteiger partial charge in [-0.25, -0.2) is 9.69 Å². The maximum absolute atomic E-state index is 12.5. The van der Waals surface area contributed by atoms with Gasteiger partial charge < -0.3 is 10.1 Å². The van der Waals surface area contributed by atoms with Crippen LogP contribution in [0.25, 0.3) is 0 Å². The number of nitrogens with one attached hydrogen (secondary N) is 1. The van der Waals surface area contributed by atoms with Crippen molar-refractivity contribution >= 4 is 12.0 Å². The lowest BCUT2D eigenvalue weighted by molar-refractivity contribution is -0.134. The van der Waals surface area contributed by atoms with Crippen molar-refractivity contribution in [2.45, 2.75) is 51.2 Å². The third kappa shape index (κ3) is 1.72. The number of hydrogen-bond donors (Lipinski definition) is 1. The predicted octanol–water partition coefficient (Wildman–Crippen LogP) is 1.13. The van der Waals surface area contributed by atoms with E-state index in [1.165, 1.54) is 4.90 Å². The van der Waals surface area contributed by atoms with Gasteiger partial charge in [0, 0.05) is 12.1 Å². The molecule has 100 valence electrons. The number of amides is 2. The van der Waals surface area contributed by atoms with Gasteiger partial charge in [-0.1, -0.05) is 13.8 Å². The molecule has 0 radical (unpaired) electrons. The SMILES string of the molecule is CC(C)[C@H]1COC(=O)N1C(=O)[C@H]1C[C@@H]2CC[C@H]1N2. The summed E-state index contributed by atoms with van der Waals surface area (Å²) >= 11 is 0. The second-order valence-electron chi connectivity index (χ2n) is 5.99. The Morgan fingerprint density at radius 3 is 2.78 bits per heavy atom. The zero-order valence-electron chi connectivity index (χ0n) is 10.9. The Labute approximate surface area is 107 Å². The van der Waals surface area contributed by atoms with Crippen LogP contribution in [-0.4, -0.2) is 41.6 Å². The summed E-state index contributed by atoms with van der Waals surface area (Å²) in [6.45, 7) is 4.38. The van der Waals surface area contributed by atoms with Gasteiger partial charge in [-0.15, -0.1) is 0 Å². The second kappa shape index (κ2) is 4.23. The number of hydrogen-bond acceptors (Lipinski definition) is 4. The van der Waals surface area contributed by atoms with E-state index in [0.29, 0.717) is 12.6 Å². The normalized spacial score (nSPS) is 38.6. The average molecular weight is 252 g/mol. The second-order valence-corrected chi connectivity index (χ2v) is 5.99. The molecule has 4 atom stereocenters. The van der Waals surface area contributed by atoms with Crippen LogP contribution in [0.5, 0.6) is 0 Å². The molecule has 3 saturated heterocycles. The van der Waals surface area contributed by atoms with E-state index in [-0.39, 0.29) is 29.8 Å². The van der Waals surface area contributed by atoms with Crippen molar-refractivity contribution in [2.24, 2.45) is 11.8 Å². The molecule has 3 rings (SSSR count). The fraction of sp³-hybridized carbons (Fsp3) is 0.846. The fourth-order valence-corrected chi connectivity index (χ4v) is 3.46. The maximum Gasteiger partial charge on any atom is 0.416 e. The number of ether oxygens (including phenoxy) is 1. The lowest BCUT2D eigenvalue weighted by Gasteiger charge is -2.28. The largest absolute Gasteiger partial charge is 0.447 e. The first-order valence-corrected chi connectivity index (χ1v) is 6.84. The molecule has 0 spiro atoms. The van der Waals surface area contributed by atoms with E-state index in [1.807, 2.05) is 13.8 Å². The number of fused-ring (bicyclic) bond motifs is 2. The van der Waals surface area contributed by atoms with E-state index in [9.17, 15) is 9.59 Å². The zero-order chi connectivity index (χ0) is 12.9. The molecule has 2 bridgehead atoms. The van der Waals surface area contributed by atoms with Crippen molar-refractivity contribution in [1.29, 1.82) is 0 Å². The Morgan fingerprint density at radius 1 is 1.44 bits per heavy atom. The van der Waals surface area contributed by atoms with Gasteiger partial charge in [-0.3, -0.25) is 4.79 Å². The van der Waals surface area contributed by atoms with Gasteiger partial charge in [0.25, 0.3) is 0 Å². The van der Waals surface area contributed by atoms with E-state index >= 15 is 0 Å². The number of carbonyl (C=O) groups excluding carboxylic acids is 2. The quantitative estimate of drug-likeness (QED) is 0.800. The molecule has 0 saturated carbocycles. The van der Waals surface area contributed by atoms with Crippen LogP contribution in [0.2, 0.25) is 0 Å². The first kappa shape index (κ1) is 12.0. The van der Waals surface area contributed by atoms with Gasteiger partial charge in [0.15, 0.2) is 0 Å². The smallest absolute Gasteiger partial charge is 0.416 e. The summed E-state index contributed by atoms with van der Waals surface area (Å²) in [7, 11) is 0. The lowest BCUT2D eigenvalue weighted by Crippen LogP contribution is -2.47. The molecule has 1 N–H and O–H groups in total. The number of carbonyl (C=O) groups is 2. The van der Waals surface area contributed by atoms with E-state index in [2.05, 4.69) is 5.32 Å². The molecule has 0 aromatic carbocycles.